The van der Waals surface area contributed by atoms with E-state index >= 15 is 0 Å². The number of carbonyl (C=O) groups excluding carboxylic acids is 4. The zero-order chi connectivity index (χ0) is 32.1. The monoisotopic (exact) mass is 598 g/mol. The average molecular weight is 599 g/mol. The highest BCUT2D eigenvalue weighted by Crippen LogP contribution is 2.43. The van der Waals surface area contributed by atoms with Crippen LogP contribution in [0.4, 0.5) is 21.0 Å². The molecule has 230 valence electrons. The smallest absolute Gasteiger partial charge is 0.408 e. The first-order valence-corrected chi connectivity index (χ1v) is 14.3. The van der Waals surface area contributed by atoms with Gasteiger partial charge in [0.2, 0.25) is 11.8 Å². The lowest BCUT2D eigenvalue weighted by Crippen LogP contribution is -2.37. The van der Waals surface area contributed by atoms with Crippen LogP contribution in [-0.4, -0.2) is 48.3 Å². The van der Waals surface area contributed by atoms with Crippen molar-refractivity contribution in [2.75, 3.05) is 23.7 Å². The van der Waals surface area contributed by atoms with Gasteiger partial charge in [-0.05, 0) is 75.2 Å². The Morgan fingerprint density at radius 1 is 0.545 bits per heavy atom. The van der Waals surface area contributed by atoms with E-state index in [1.165, 1.54) is 0 Å². The summed E-state index contributed by atoms with van der Waals surface area (Å²) in [7, 11) is 0. The van der Waals surface area contributed by atoms with Crippen molar-refractivity contribution in [3.63, 3.8) is 0 Å². The fourth-order valence-corrected chi connectivity index (χ4v) is 4.61. The van der Waals surface area contributed by atoms with Crippen molar-refractivity contribution in [3.05, 3.63) is 72.8 Å². The predicted octanol–water partition coefficient (Wildman–Crippen LogP) is 6.59. The van der Waals surface area contributed by atoms with Crippen LogP contribution >= 0.6 is 0 Å². The van der Waals surface area contributed by atoms with Gasteiger partial charge < -0.3 is 30.7 Å². The Morgan fingerprint density at radius 3 is 1.27 bits per heavy atom. The van der Waals surface area contributed by atoms with Crippen molar-refractivity contribution in [2.45, 2.75) is 52.7 Å². The molecule has 10 nitrogen and oxygen atoms in total. The Kier molecular flexibility index (Phi) is 9.42. The van der Waals surface area contributed by atoms with Gasteiger partial charge in [0.1, 0.15) is 24.3 Å². The summed E-state index contributed by atoms with van der Waals surface area (Å²) in [5.41, 5.74) is 0.923. The number of anilines is 2. The predicted molar refractivity (Wildman–Crippen MR) is 173 cm³/mol. The van der Waals surface area contributed by atoms with Crippen molar-refractivity contribution in [3.8, 4) is 11.1 Å². The van der Waals surface area contributed by atoms with Crippen LogP contribution in [0.5, 0.6) is 0 Å². The molecule has 44 heavy (non-hydrogen) atoms. The van der Waals surface area contributed by atoms with Gasteiger partial charge in [-0.2, -0.15) is 0 Å². The summed E-state index contributed by atoms with van der Waals surface area (Å²) in [6.07, 6.45) is -1.41. The number of ether oxygens (including phenoxy) is 2. The molecule has 0 aliphatic rings. The number of fused-ring (bicyclic) bond motifs is 2. The van der Waals surface area contributed by atoms with Crippen molar-refractivity contribution in [2.24, 2.45) is 0 Å². The van der Waals surface area contributed by atoms with E-state index in [1.54, 1.807) is 53.7 Å². The van der Waals surface area contributed by atoms with E-state index in [1.807, 2.05) is 60.7 Å². The van der Waals surface area contributed by atoms with E-state index in [9.17, 15) is 19.2 Å². The molecule has 0 saturated heterocycles. The molecule has 0 unspecified atom stereocenters. The van der Waals surface area contributed by atoms with Crippen LogP contribution in [0.25, 0.3) is 32.7 Å². The molecule has 0 radical (unpaired) electrons. The van der Waals surface area contributed by atoms with Gasteiger partial charge in [-0.25, -0.2) is 9.59 Å². The van der Waals surface area contributed by atoms with Crippen LogP contribution in [0, 0.1) is 0 Å². The summed E-state index contributed by atoms with van der Waals surface area (Å²) in [4.78, 5) is 50.4. The third-order valence-electron chi connectivity index (χ3n) is 6.24. The number of nitrogens with one attached hydrogen (secondary N) is 4. The third-order valence-corrected chi connectivity index (χ3v) is 6.24. The van der Waals surface area contributed by atoms with Gasteiger partial charge >= 0.3 is 12.2 Å². The Labute approximate surface area is 256 Å². The highest BCUT2D eigenvalue weighted by molar-refractivity contribution is 6.17. The molecule has 0 saturated carbocycles. The van der Waals surface area contributed by atoms with E-state index in [0.717, 1.165) is 21.5 Å². The normalized spacial score (nSPS) is 11.5. The highest BCUT2D eigenvalue weighted by atomic mass is 16.6. The first-order chi connectivity index (χ1) is 20.7. The SMILES string of the molecule is CC(C)(C)OC(=O)NCC(=O)Nc1ccc2ccccc2c1-c1c(NC(=O)CNC(=O)OC(C)(C)C)ccc2ccccc12. The fraction of sp³-hybridized carbons (Fsp3) is 0.294. The molecule has 0 bridgehead atoms. The summed E-state index contributed by atoms with van der Waals surface area (Å²) < 4.78 is 10.5. The van der Waals surface area contributed by atoms with Gasteiger partial charge in [-0.1, -0.05) is 60.7 Å². The number of rotatable bonds is 7. The van der Waals surface area contributed by atoms with E-state index in [2.05, 4.69) is 21.3 Å². The molecule has 0 spiro atoms. The maximum absolute atomic E-state index is 13.1. The van der Waals surface area contributed by atoms with Crippen molar-refractivity contribution < 1.29 is 28.7 Å². The fourth-order valence-electron chi connectivity index (χ4n) is 4.61. The largest absolute Gasteiger partial charge is 0.444 e. The van der Waals surface area contributed by atoms with Crippen LogP contribution in [0.2, 0.25) is 0 Å². The molecule has 0 aliphatic heterocycles. The first-order valence-electron chi connectivity index (χ1n) is 14.3. The lowest BCUT2D eigenvalue weighted by molar-refractivity contribution is -0.116. The minimum absolute atomic E-state index is 0.309. The second-order valence-electron chi connectivity index (χ2n) is 12.2. The molecule has 0 aromatic heterocycles. The summed E-state index contributed by atoms with van der Waals surface area (Å²) >= 11 is 0. The molecule has 10 heteroatoms. The third kappa shape index (κ3) is 8.47. The summed E-state index contributed by atoms with van der Waals surface area (Å²) in [6, 6.07) is 22.8. The zero-order valence-electron chi connectivity index (χ0n) is 25.8. The highest BCUT2D eigenvalue weighted by Gasteiger charge is 2.22. The van der Waals surface area contributed by atoms with Gasteiger partial charge in [0, 0.05) is 22.5 Å². The number of hydrogen-bond acceptors (Lipinski definition) is 6. The Hall–Kier alpha value is -5.12. The summed E-state index contributed by atoms with van der Waals surface area (Å²) in [5.74, 6) is -0.917. The van der Waals surface area contributed by atoms with E-state index < -0.39 is 35.2 Å². The van der Waals surface area contributed by atoms with Gasteiger partial charge in [-0.15, -0.1) is 0 Å². The van der Waals surface area contributed by atoms with Crippen LogP contribution in [0.1, 0.15) is 41.5 Å². The Bertz CT molecular complexity index is 1590. The first kappa shape index (κ1) is 31.8. The summed E-state index contributed by atoms with van der Waals surface area (Å²) in [5, 5.41) is 14.3. The summed E-state index contributed by atoms with van der Waals surface area (Å²) in [6.45, 7) is 9.81. The van der Waals surface area contributed by atoms with E-state index in [-0.39, 0.29) is 13.1 Å². The standard InChI is InChI=1S/C34H38N4O6/c1-33(2,3)43-31(41)35-19-27(39)37-25-17-15-21-11-7-9-13-23(21)29(25)30-24-14-10-8-12-22(24)16-18-26(30)38-28(40)20-36-32(42)44-34(4,5)6/h7-18H,19-20H2,1-6H3,(H,35,41)(H,36,42)(H,37,39)(H,38,40). The minimum atomic E-state index is -0.705. The quantitative estimate of drug-likeness (QED) is 0.190. The molecule has 0 aliphatic carbocycles. The average Bonchev–Trinajstić information content (AvgIpc) is 2.93. The maximum atomic E-state index is 13.1. The van der Waals surface area contributed by atoms with Crippen molar-refractivity contribution in [1.29, 1.82) is 0 Å². The second-order valence-corrected chi connectivity index (χ2v) is 12.2. The molecular formula is C34H38N4O6. The zero-order valence-corrected chi connectivity index (χ0v) is 25.8. The van der Waals surface area contributed by atoms with Crippen LogP contribution in [-0.2, 0) is 19.1 Å². The molecule has 4 rings (SSSR count). The van der Waals surface area contributed by atoms with E-state index in [0.29, 0.717) is 22.5 Å². The number of carbonyl (C=O) groups is 4. The maximum Gasteiger partial charge on any atom is 0.408 e. The molecule has 4 N–H and O–H groups in total. The minimum Gasteiger partial charge on any atom is -0.444 e. The van der Waals surface area contributed by atoms with Crippen molar-refractivity contribution >= 4 is 56.9 Å². The van der Waals surface area contributed by atoms with E-state index in [4.69, 9.17) is 9.47 Å². The van der Waals surface area contributed by atoms with Gasteiger partial charge in [-0.3, -0.25) is 9.59 Å². The molecule has 0 atom stereocenters. The van der Waals surface area contributed by atoms with Crippen LogP contribution in [0.3, 0.4) is 0 Å². The number of amides is 4. The van der Waals surface area contributed by atoms with Gasteiger partial charge in [0.15, 0.2) is 0 Å². The van der Waals surface area contributed by atoms with Crippen molar-refractivity contribution in [1.82, 2.24) is 10.6 Å². The Balaban J connectivity index is 1.72. The van der Waals surface area contributed by atoms with Crippen LogP contribution in [0.15, 0.2) is 72.8 Å². The molecule has 4 amide bonds. The number of benzene rings is 4. The lowest BCUT2D eigenvalue weighted by Gasteiger charge is -2.21. The number of alkyl carbamates (subject to hydrolysis) is 2. The van der Waals surface area contributed by atoms with Crippen LogP contribution < -0.4 is 21.3 Å². The Morgan fingerprint density at radius 2 is 0.909 bits per heavy atom. The molecule has 0 fully saturated rings. The van der Waals surface area contributed by atoms with Gasteiger partial charge in [0.25, 0.3) is 0 Å². The second kappa shape index (κ2) is 13.0. The molecular weight excluding hydrogens is 560 g/mol. The molecule has 0 heterocycles. The topological polar surface area (TPSA) is 135 Å². The van der Waals surface area contributed by atoms with Gasteiger partial charge in [0.05, 0.1) is 0 Å². The lowest BCUT2D eigenvalue weighted by atomic mass is 9.91. The molecule has 4 aromatic carbocycles. The number of hydrogen-bond donors (Lipinski definition) is 4. The molecule has 4 aromatic rings.